The molecule has 0 amide bonds. The van der Waals surface area contributed by atoms with Crippen molar-refractivity contribution in [3.05, 3.63) is 0 Å². The molecule has 1 fully saturated rings. The number of morpholine rings is 1. The molecule has 0 saturated carbocycles. The van der Waals surface area contributed by atoms with Gasteiger partial charge in [-0.05, 0) is 25.4 Å². The van der Waals surface area contributed by atoms with Crippen LogP contribution in [0.15, 0.2) is 0 Å². The van der Waals surface area contributed by atoms with E-state index < -0.39 is 0 Å². The Labute approximate surface area is 127 Å². The van der Waals surface area contributed by atoms with E-state index in [2.05, 4.69) is 49.9 Å². The summed E-state index contributed by atoms with van der Waals surface area (Å²) in [4.78, 5) is 4.93. The highest BCUT2D eigenvalue weighted by Crippen LogP contribution is 2.07. The van der Waals surface area contributed by atoms with Crippen LogP contribution >= 0.6 is 0 Å². The molecule has 1 aliphatic rings. The van der Waals surface area contributed by atoms with Gasteiger partial charge in [0.2, 0.25) is 0 Å². The van der Waals surface area contributed by atoms with E-state index in [0.29, 0.717) is 6.10 Å². The van der Waals surface area contributed by atoms with Crippen molar-refractivity contribution in [3.63, 3.8) is 0 Å². The van der Waals surface area contributed by atoms with Gasteiger partial charge in [-0.25, -0.2) is 0 Å². The summed E-state index contributed by atoms with van der Waals surface area (Å²) in [6.07, 6.45) is 0.373. The van der Waals surface area contributed by atoms with Gasteiger partial charge in [0.1, 0.15) is 0 Å². The normalized spacial score (nSPS) is 21.3. The highest BCUT2D eigenvalue weighted by atomic mass is 16.5. The zero-order valence-corrected chi connectivity index (χ0v) is 14.2. The topological polar surface area (TPSA) is 27.7 Å². The zero-order valence-electron chi connectivity index (χ0n) is 14.2. The molecule has 4 nitrogen and oxygen atoms in total. The Bertz CT molecular complexity index is 252. The molecule has 1 atom stereocenters. The summed E-state index contributed by atoms with van der Waals surface area (Å²) >= 11 is 0. The molecule has 4 heteroatoms. The molecule has 0 aromatic rings. The lowest BCUT2D eigenvalue weighted by molar-refractivity contribution is -0.0409. The van der Waals surface area contributed by atoms with Gasteiger partial charge in [-0.15, -0.1) is 0 Å². The minimum absolute atomic E-state index is 0. The Kier molecular flexibility index (Phi) is 8.69. The Morgan fingerprint density at radius 3 is 2.70 bits per heavy atom. The van der Waals surface area contributed by atoms with Crippen LogP contribution in [-0.2, 0) is 4.74 Å². The van der Waals surface area contributed by atoms with Gasteiger partial charge in [-0.3, -0.25) is 4.90 Å². The summed E-state index contributed by atoms with van der Waals surface area (Å²) in [5.41, 5.74) is 0. The maximum atomic E-state index is 5.90. The second-order valence-electron chi connectivity index (χ2n) is 7.01. The minimum Gasteiger partial charge on any atom is -0.374 e. The van der Waals surface area contributed by atoms with Crippen molar-refractivity contribution in [2.45, 2.75) is 33.8 Å². The highest BCUT2D eigenvalue weighted by Gasteiger charge is 2.21. The number of rotatable bonds is 9. The molecule has 1 rings (SSSR count). The van der Waals surface area contributed by atoms with Gasteiger partial charge in [0.25, 0.3) is 0 Å². The Hall–Kier alpha value is -0.160. The second kappa shape index (κ2) is 9.72. The molecule has 1 aliphatic heterocycles. The number of likely N-dealkylation sites (N-methyl/N-ethyl adjacent to an activating group) is 1. The van der Waals surface area contributed by atoms with Crippen molar-refractivity contribution in [1.82, 2.24) is 15.1 Å². The fraction of sp³-hybridized carbons (Fsp3) is 1.00. The molecule has 1 saturated heterocycles. The first-order valence-electron chi connectivity index (χ1n) is 8.20. The van der Waals surface area contributed by atoms with Crippen LogP contribution in [0, 0.1) is 11.8 Å². The Balaban J connectivity index is 0.00000400. The van der Waals surface area contributed by atoms with Crippen molar-refractivity contribution < 1.29 is 6.16 Å². The predicted octanol–water partition coefficient (Wildman–Crippen LogP) is 1.77. The van der Waals surface area contributed by atoms with Crippen LogP contribution in [0.4, 0.5) is 0 Å². The maximum absolute atomic E-state index is 5.90. The van der Waals surface area contributed by atoms with Gasteiger partial charge in [-0.2, -0.15) is 0 Å². The largest absolute Gasteiger partial charge is 0.374 e. The molecule has 0 spiro atoms. The van der Waals surface area contributed by atoms with Gasteiger partial charge >= 0.3 is 0 Å². The SMILES string of the molecule is CC(C)CNCCN1CCO[C@@H](CN(C)CC(C)C)C1.[HH]. The number of hydrogen-bond donors (Lipinski definition) is 1. The van der Waals surface area contributed by atoms with Gasteiger partial charge in [0.05, 0.1) is 12.7 Å². The smallest absolute Gasteiger partial charge is 0.0829 e. The number of nitrogens with zero attached hydrogens (tertiary/aromatic N) is 2. The third kappa shape index (κ3) is 8.20. The molecule has 0 aromatic heterocycles. The maximum Gasteiger partial charge on any atom is 0.0829 e. The molecule has 0 unspecified atom stereocenters. The van der Waals surface area contributed by atoms with Gasteiger partial charge in [0.15, 0.2) is 0 Å². The third-order valence-corrected chi connectivity index (χ3v) is 3.57. The Morgan fingerprint density at radius 1 is 1.30 bits per heavy atom. The van der Waals surface area contributed by atoms with Crippen LogP contribution in [0.2, 0.25) is 0 Å². The van der Waals surface area contributed by atoms with Crippen LogP contribution in [0.25, 0.3) is 0 Å². The number of hydrogen-bond acceptors (Lipinski definition) is 4. The predicted molar refractivity (Wildman–Crippen MR) is 88.3 cm³/mol. The number of ether oxygens (including phenoxy) is 1. The van der Waals surface area contributed by atoms with E-state index >= 15 is 0 Å². The summed E-state index contributed by atoms with van der Waals surface area (Å²) in [7, 11) is 2.20. The van der Waals surface area contributed by atoms with E-state index in [0.717, 1.165) is 64.3 Å². The van der Waals surface area contributed by atoms with E-state index in [1.54, 1.807) is 0 Å². The molecule has 0 radical (unpaired) electrons. The van der Waals surface area contributed by atoms with Gasteiger partial charge in [0, 0.05) is 40.7 Å². The lowest BCUT2D eigenvalue weighted by Crippen LogP contribution is -2.49. The van der Waals surface area contributed by atoms with E-state index in [1.165, 1.54) is 0 Å². The summed E-state index contributed by atoms with van der Waals surface area (Å²) in [5, 5.41) is 3.52. The van der Waals surface area contributed by atoms with E-state index in [1.807, 2.05) is 0 Å². The lowest BCUT2D eigenvalue weighted by atomic mass is 10.2. The van der Waals surface area contributed by atoms with E-state index in [9.17, 15) is 0 Å². The fourth-order valence-corrected chi connectivity index (χ4v) is 2.77. The first-order valence-corrected chi connectivity index (χ1v) is 8.20. The van der Waals surface area contributed by atoms with Crippen molar-refractivity contribution in [2.75, 3.05) is 59.5 Å². The minimum atomic E-state index is 0. The second-order valence-corrected chi connectivity index (χ2v) is 7.01. The lowest BCUT2D eigenvalue weighted by Gasteiger charge is -2.35. The standard InChI is InChI=1S/C16H35N3O.H2/c1-14(2)10-17-6-7-19-8-9-20-16(13-19)12-18(5)11-15(3)4;/h14-17H,6-13H2,1-5H3;1H/t16-;/m0./s1. The van der Waals surface area contributed by atoms with Crippen molar-refractivity contribution in [2.24, 2.45) is 11.8 Å². The van der Waals surface area contributed by atoms with Gasteiger partial charge < -0.3 is 15.0 Å². The van der Waals surface area contributed by atoms with Crippen LogP contribution in [0.5, 0.6) is 0 Å². The fourth-order valence-electron chi connectivity index (χ4n) is 2.77. The summed E-state index contributed by atoms with van der Waals surface area (Å²) < 4.78 is 5.90. The number of nitrogens with one attached hydrogen (secondary N) is 1. The molecule has 1 N–H and O–H groups in total. The highest BCUT2D eigenvalue weighted by molar-refractivity contribution is 4.75. The molecule has 20 heavy (non-hydrogen) atoms. The van der Waals surface area contributed by atoms with E-state index in [-0.39, 0.29) is 1.43 Å². The molecular formula is C16H37N3O. The summed E-state index contributed by atoms with van der Waals surface area (Å²) in [6, 6.07) is 0. The monoisotopic (exact) mass is 287 g/mol. The molecule has 0 bridgehead atoms. The third-order valence-electron chi connectivity index (χ3n) is 3.57. The molecular weight excluding hydrogens is 250 g/mol. The van der Waals surface area contributed by atoms with Crippen molar-refractivity contribution in [3.8, 4) is 0 Å². The van der Waals surface area contributed by atoms with E-state index in [4.69, 9.17) is 4.74 Å². The van der Waals surface area contributed by atoms with Crippen LogP contribution in [-0.4, -0.2) is 75.4 Å². The molecule has 0 aromatic carbocycles. The molecule has 1 heterocycles. The first-order chi connectivity index (χ1) is 9.47. The quantitative estimate of drug-likeness (QED) is 0.654. The van der Waals surface area contributed by atoms with Gasteiger partial charge in [-0.1, -0.05) is 27.7 Å². The molecule has 122 valence electrons. The van der Waals surface area contributed by atoms with Crippen molar-refractivity contribution >= 4 is 0 Å². The average Bonchev–Trinajstić information content (AvgIpc) is 2.33. The Morgan fingerprint density at radius 2 is 2.05 bits per heavy atom. The zero-order chi connectivity index (χ0) is 15.0. The van der Waals surface area contributed by atoms with Crippen molar-refractivity contribution in [1.29, 1.82) is 0 Å². The first kappa shape index (κ1) is 17.9. The summed E-state index contributed by atoms with van der Waals surface area (Å²) in [5.74, 6) is 1.46. The average molecular weight is 287 g/mol. The molecule has 0 aliphatic carbocycles. The van der Waals surface area contributed by atoms with Crippen LogP contribution in [0.3, 0.4) is 0 Å². The summed E-state index contributed by atoms with van der Waals surface area (Å²) in [6.45, 7) is 17.6. The van der Waals surface area contributed by atoms with Crippen LogP contribution in [0.1, 0.15) is 29.1 Å². The van der Waals surface area contributed by atoms with Crippen LogP contribution < -0.4 is 5.32 Å².